The minimum Gasteiger partial charge on any atom is -0.480 e. The number of nitrogens with one attached hydrogen (secondary N) is 1. The average molecular weight is 582 g/mol. The standard InChI is InChI=1S/C28H24ClN3O7S/c1-40(37,38)20-4-2-3-18(11-20)12-23(28(35)36)30-27(34)25-21-7-9-31-16-32(14-19(26(21)31)13-22(25)29)24(33)6-5-17-8-10-39-15-17/h2-11,13,15,23H,12,14,16H2,1H3,(H,30,34)(H,35,36). The summed E-state index contributed by atoms with van der Waals surface area (Å²) in [5.74, 6) is -2.17. The molecule has 1 aliphatic heterocycles. The van der Waals surface area contributed by atoms with E-state index in [1.807, 2.05) is 4.57 Å². The topological polar surface area (TPSA) is 139 Å². The second-order valence-corrected chi connectivity index (χ2v) is 11.9. The molecule has 4 aromatic rings. The first kappa shape index (κ1) is 27.2. The van der Waals surface area contributed by atoms with Gasteiger partial charge in [0.1, 0.15) is 6.04 Å². The van der Waals surface area contributed by atoms with Gasteiger partial charge in [-0.3, -0.25) is 9.59 Å². The largest absolute Gasteiger partial charge is 0.480 e. The van der Waals surface area contributed by atoms with Gasteiger partial charge in [0.25, 0.3) is 5.91 Å². The number of furan rings is 1. The first-order valence-electron chi connectivity index (χ1n) is 12.1. The number of rotatable bonds is 8. The van der Waals surface area contributed by atoms with E-state index >= 15 is 0 Å². The van der Waals surface area contributed by atoms with Crippen LogP contribution in [0.5, 0.6) is 0 Å². The van der Waals surface area contributed by atoms with Crippen LogP contribution in [-0.4, -0.2) is 53.1 Å². The lowest BCUT2D eigenvalue weighted by molar-refractivity contribution is -0.139. The normalized spacial score (nSPS) is 14.0. The van der Waals surface area contributed by atoms with Gasteiger partial charge >= 0.3 is 5.97 Å². The number of sulfone groups is 1. The van der Waals surface area contributed by atoms with E-state index in [1.54, 1.807) is 41.4 Å². The van der Waals surface area contributed by atoms with Crippen molar-refractivity contribution >= 4 is 56.2 Å². The molecule has 1 atom stereocenters. The van der Waals surface area contributed by atoms with Gasteiger partial charge in [0.15, 0.2) is 9.84 Å². The molecule has 1 aliphatic rings. The highest BCUT2D eigenvalue weighted by molar-refractivity contribution is 7.90. The first-order valence-corrected chi connectivity index (χ1v) is 14.4. The number of aliphatic carboxylic acids is 1. The molecule has 3 heterocycles. The lowest BCUT2D eigenvalue weighted by atomic mass is 10.0. The van der Waals surface area contributed by atoms with E-state index < -0.39 is 27.8 Å². The number of carbonyl (C=O) groups is 3. The molecule has 1 unspecified atom stereocenters. The van der Waals surface area contributed by atoms with E-state index in [0.717, 1.165) is 22.9 Å². The fourth-order valence-electron chi connectivity index (χ4n) is 4.72. The van der Waals surface area contributed by atoms with E-state index in [1.165, 1.54) is 36.8 Å². The third-order valence-electron chi connectivity index (χ3n) is 6.63. The number of hydrogen-bond acceptors (Lipinski definition) is 6. The Hall–Kier alpha value is -4.35. The summed E-state index contributed by atoms with van der Waals surface area (Å²) in [5, 5.41) is 13.0. The van der Waals surface area contributed by atoms with Crippen LogP contribution in [-0.2, 0) is 39.1 Å². The maximum atomic E-state index is 13.4. The van der Waals surface area contributed by atoms with Crippen molar-refractivity contribution in [2.24, 2.45) is 0 Å². The molecule has 0 aliphatic carbocycles. The number of benzene rings is 2. The number of halogens is 1. The van der Waals surface area contributed by atoms with Gasteiger partial charge in [0.2, 0.25) is 5.91 Å². The van der Waals surface area contributed by atoms with Gasteiger partial charge in [0, 0.05) is 42.4 Å². The number of carboxylic acid groups (broad SMARTS) is 1. The van der Waals surface area contributed by atoms with Crippen molar-refractivity contribution < 1.29 is 32.3 Å². The molecule has 12 heteroatoms. The predicted octanol–water partition coefficient (Wildman–Crippen LogP) is 3.73. The molecule has 2 aromatic carbocycles. The third kappa shape index (κ3) is 5.51. The van der Waals surface area contributed by atoms with Crippen LogP contribution in [0.15, 0.2) is 76.6 Å². The Labute approximate surface area is 234 Å². The molecule has 0 saturated heterocycles. The Morgan fingerprint density at radius 1 is 1.20 bits per heavy atom. The van der Waals surface area contributed by atoms with Crippen LogP contribution in [0.3, 0.4) is 0 Å². The zero-order chi connectivity index (χ0) is 28.6. The van der Waals surface area contributed by atoms with Crippen LogP contribution in [0.2, 0.25) is 5.02 Å². The van der Waals surface area contributed by atoms with Crippen molar-refractivity contribution in [1.82, 2.24) is 14.8 Å². The second-order valence-electron chi connectivity index (χ2n) is 9.50. The Morgan fingerprint density at radius 2 is 2.00 bits per heavy atom. The number of hydrogen-bond donors (Lipinski definition) is 2. The van der Waals surface area contributed by atoms with Crippen molar-refractivity contribution in [2.45, 2.75) is 30.6 Å². The average Bonchev–Trinajstić information content (AvgIpc) is 3.57. The van der Waals surface area contributed by atoms with Crippen molar-refractivity contribution in [1.29, 1.82) is 0 Å². The van der Waals surface area contributed by atoms with E-state index in [9.17, 15) is 27.9 Å². The number of carbonyl (C=O) groups excluding carboxylic acids is 2. The summed E-state index contributed by atoms with van der Waals surface area (Å²) in [6, 6.07) is 9.65. The molecule has 0 bridgehead atoms. The molecule has 2 N–H and O–H groups in total. The maximum absolute atomic E-state index is 13.4. The van der Waals surface area contributed by atoms with Gasteiger partial charge in [-0.05, 0) is 47.5 Å². The predicted molar refractivity (Wildman–Crippen MR) is 147 cm³/mol. The van der Waals surface area contributed by atoms with E-state index in [4.69, 9.17) is 16.0 Å². The molecular formula is C28H24ClN3O7S. The number of carboxylic acids is 1. The molecule has 206 valence electrons. The third-order valence-corrected chi connectivity index (χ3v) is 8.04. The fraction of sp³-hybridized carbons (Fsp3) is 0.179. The van der Waals surface area contributed by atoms with Crippen molar-refractivity contribution in [2.75, 3.05) is 6.26 Å². The smallest absolute Gasteiger partial charge is 0.326 e. The lowest BCUT2D eigenvalue weighted by Crippen LogP contribution is -2.42. The summed E-state index contributed by atoms with van der Waals surface area (Å²) in [7, 11) is -3.49. The van der Waals surface area contributed by atoms with E-state index in [2.05, 4.69) is 5.32 Å². The summed E-state index contributed by atoms with van der Waals surface area (Å²) in [6.45, 7) is 0.521. The van der Waals surface area contributed by atoms with Crippen molar-refractivity contribution in [3.63, 3.8) is 0 Å². The van der Waals surface area contributed by atoms with Crippen LogP contribution in [0, 0.1) is 0 Å². The van der Waals surface area contributed by atoms with Crippen LogP contribution >= 0.6 is 11.6 Å². The van der Waals surface area contributed by atoms with Gasteiger partial charge in [-0.25, -0.2) is 13.2 Å². The van der Waals surface area contributed by atoms with Crippen LogP contribution in [0.25, 0.3) is 17.0 Å². The molecule has 10 nitrogen and oxygen atoms in total. The maximum Gasteiger partial charge on any atom is 0.326 e. The number of aromatic nitrogens is 1. The molecular weight excluding hydrogens is 558 g/mol. The second kappa shape index (κ2) is 10.7. The van der Waals surface area contributed by atoms with Gasteiger partial charge in [-0.15, -0.1) is 0 Å². The molecule has 40 heavy (non-hydrogen) atoms. The highest BCUT2D eigenvalue weighted by Crippen LogP contribution is 2.34. The van der Waals surface area contributed by atoms with Gasteiger partial charge in [-0.2, -0.15) is 0 Å². The molecule has 0 fully saturated rings. The Bertz CT molecular complexity index is 1770. The molecule has 2 amide bonds. The quantitative estimate of drug-likeness (QED) is 0.302. The van der Waals surface area contributed by atoms with Gasteiger partial charge in [-0.1, -0.05) is 23.7 Å². The van der Waals surface area contributed by atoms with Crippen LogP contribution in [0.1, 0.15) is 27.0 Å². The minimum atomic E-state index is -3.49. The summed E-state index contributed by atoms with van der Waals surface area (Å²) in [6.07, 6.45) is 8.83. The number of nitrogens with zero attached hydrogens (tertiary/aromatic N) is 2. The zero-order valence-corrected chi connectivity index (χ0v) is 22.8. The number of amides is 2. The summed E-state index contributed by atoms with van der Waals surface area (Å²) < 4.78 is 30.6. The molecule has 0 spiro atoms. The lowest BCUT2D eigenvalue weighted by Gasteiger charge is -2.29. The minimum absolute atomic E-state index is 0.0566. The van der Waals surface area contributed by atoms with E-state index in [-0.39, 0.29) is 41.0 Å². The SMILES string of the molecule is CS(=O)(=O)c1cccc(CC(NC(=O)c2c(Cl)cc3c4c2ccn4CN(C(=O)C=Cc2ccoc2)C3)C(=O)O)c1. The Kier molecular flexibility index (Phi) is 7.26. The van der Waals surface area contributed by atoms with Crippen LogP contribution in [0.4, 0.5) is 0 Å². The molecule has 0 saturated carbocycles. The highest BCUT2D eigenvalue weighted by Gasteiger charge is 2.28. The van der Waals surface area contributed by atoms with E-state index in [0.29, 0.717) is 10.9 Å². The van der Waals surface area contributed by atoms with Crippen molar-refractivity contribution in [3.05, 3.63) is 94.5 Å². The fourth-order valence-corrected chi connectivity index (χ4v) is 5.73. The molecule has 0 radical (unpaired) electrons. The summed E-state index contributed by atoms with van der Waals surface area (Å²) >= 11 is 6.55. The Balaban J connectivity index is 1.38. The highest BCUT2D eigenvalue weighted by atomic mass is 35.5. The summed E-state index contributed by atoms with van der Waals surface area (Å²) in [5.41, 5.74) is 2.79. The summed E-state index contributed by atoms with van der Waals surface area (Å²) in [4.78, 5) is 39.9. The van der Waals surface area contributed by atoms with Gasteiger partial charge < -0.3 is 24.3 Å². The Morgan fingerprint density at radius 3 is 2.70 bits per heavy atom. The molecule has 5 rings (SSSR count). The van der Waals surface area contributed by atoms with Crippen molar-refractivity contribution in [3.8, 4) is 0 Å². The zero-order valence-electron chi connectivity index (χ0n) is 21.2. The molecule has 2 aromatic heterocycles. The van der Waals surface area contributed by atoms with Gasteiger partial charge in [0.05, 0.1) is 40.2 Å². The first-order chi connectivity index (χ1) is 19.0. The van der Waals surface area contributed by atoms with Crippen LogP contribution < -0.4 is 5.32 Å². The monoisotopic (exact) mass is 581 g/mol.